The molecule has 92 valence electrons. The van der Waals surface area contributed by atoms with Crippen LogP contribution in [0.1, 0.15) is 18.9 Å². The number of nitrogens with two attached hydrogens (primary N) is 1. The van der Waals surface area contributed by atoms with E-state index in [1.807, 2.05) is 6.92 Å². The lowest BCUT2D eigenvalue weighted by Crippen LogP contribution is -2.41. The van der Waals surface area contributed by atoms with E-state index < -0.39 is 0 Å². The van der Waals surface area contributed by atoms with Gasteiger partial charge in [-0.3, -0.25) is 4.79 Å². The number of hydrogen-bond donors (Lipinski definition) is 1. The minimum Gasteiger partial charge on any atom is -0.330 e. The number of fused-ring (bicyclic) bond motifs is 1. The Bertz CT molecular complexity index is 433. The molecule has 2 rings (SSSR count). The highest BCUT2D eigenvalue weighted by atomic mass is 19.1. The van der Waals surface area contributed by atoms with Crippen molar-refractivity contribution in [2.75, 3.05) is 18.0 Å². The minimum absolute atomic E-state index is 0.0278. The molecule has 1 aromatic rings. The third-order valence-corrected chi connectivity index (χ3v) is 3.20. The van der Waals surface area contributed by atoms with E-state index in [4.69, 9.17) is 5.73 Å². The Balaban J connectivity index is 2.31. The summed E-state index contributed by atoms with van der Waals surface area (Å²) in [7, 11) is 0. The van der Waals surface area contributed by atoms with Crippen LogP contribution in [-0.4, -0.2) is 19.0 Å². The van der Waals surface area contributed by atoms with Crippen LogP contribution in [0.4, 0.5) is 10.1 Å². The molecule has 3 nitrogen and oxygen atoms in total. The summed E-state index contributed by atoms with van der Waals surface area (Å²) in [5.41, 5.74) is 7.26. The summed E-state index contributed by atoms with van der Waals surface area (Å²) in [6, 6.07) is 4.60. The highest BCUT2D eigenvalue weighted by molar-refractivity contribution is 5.96. The second-order valence-electron chi connectivity index (χ2n) is 4.50. The lowest BCUT2D eigenvalue weighted by atomic mass is 9.99. The van der Waals surface area contributed by atoms with Crippen LogP contribution in [0.2, 0.25) is 0 Å². The van der Waals surface area contributed by atoms with E-state index in [1.165, 1.54) is 12.1 Å². The van der Waals surface area contributed by atoms with Crippen molar-refractivity contribution in [3.8, 4) is 0 Å². The maximum Gasteiger partial charge on any atom is 0.231 e. The van der Waals surface area contributed by atoms with Crippen LogP contribution in [0, 0.1) is 11.7 Å². The van der Waals surface area contributed by atoms with Gasteiger partial charge in [0.2, 0.25) is 5.91 Å². The predicted octanol–water partition coefficient (Wildman–Crippen LogP) is 1.70. The van der Waals surface area contributed by atoms with E-state index in [2.05, 4.69) is 0 Å². The molecule has 0 spiro atoms. The van der Waals surface area contributed by atoms with Crippen molar-refractivity contribution in [3.63, 3.8) is 0 Å². The maximum atomic E-state index is 13.1. The van der Waals surface area contributed by atoms with Crippen molar-refractivity contribution >= 4 is 11.6 Å². The van der Waals surface area contributed by atoms with Gasteiger partial charge < -0.3 is 10.6 Å². The first-order chi connectivity index (χ1) is 8.13. The van der Waals surface area contributed by atoms with Gasteiger partial charge in [0.25, 0.3) is 0 Å². The van der Waals surface area contributed by atoms with Crippen LogP contribution >= 0.6 is 0 Å². The number of benzene rings is 1. The molecule has 4 heteroatoms. The summed E-state index contributed by atoms with van der Waals surface area (Å²) in [6.45, 7) is 2.85. The quantitative estimate of drug-likeness (QED) is 0.849. The normalized spacial score (nSPS) is 16.5. The van der Waals surface area contributed by atoms with Gasteiger partial charge in [0.1, 0.15) is 5.82 Å². The highest BCUT2D eigenvalue weighted by Crippen LogP contribution is 2.28. The monoisotopic (exact) mass is 236 g/mol. The van der Waals surface area contributed by atoms with Crippen molar-refractivity contribution < 1.29 is 9.18 Å². The molecule has 17 heavy (non-hydrogen) atoms. The average Bonchev–Trinajstić information content (AvgIpc) is 2.35. The average molecular weight is 236 g/mol. The molecule has 0 aromatic heterocycles. The molecule has 0 aliphatic carbocycles. The van der Waals surface area contributed by atoms with Crippen LogP contribution in [0.5, 0.6) is 0 Å². The summed E-state index contributed by atoms with van der Waals surface area (Å²) >= 11 is 0. The number of halogens is 1. The molecule has 0 radical (unpaired) electrons. The number of amides is 1. The van der Waals surface area contributed by atoms with Gasteiger partial charge in [-0.15, -0.1) is 0 Å². The number of hydrogen-bond acceptors (Lipinski definition) is 2. The second kappa shape index (κ2) is 4.84. The van der Waals surface area contributed by atoms with Crippen molar-refractivity contribution in [1.29, 1.82) is 0 Å². The first-order valence-corrected chi connectivity index (χ1v) is 5.93. The van der Waals surface area contributed by atoms with E-state index in [9.17, 15) is 9.18 Å². The van der Waals surface area contributed by atoms with Crippen molar-refractivity contribution in [2.45, 2.75) is 19.8 Å². The number of carbonyl (C=O) groups excluding carboxylic acids is 1. The molecule has 2 N–H and O–H groups in total. The SMILES string of the molecule is CC(CN)C(=O)N1CCCc2cc(F)ccc21. The smallest absolute Gasteiger partial charge is 0.231 e. The Morgan fingerprint density at radius 3 is 3.06 bits per heavy atom. The first kappa shape index (κ1) is 12.0. The summed E-state index contributed by atoms with van der Waals surface area (Å²) < 4.78 is 13.1. The molecular formula is C13H17FN2O. The molecule has 0 fully saturated rings. The third-order valence-electron chi connectivity index (χ3n) is 3.20. The van der Waals surface area contributed by atoms with Crippen molar-refractivity contribution in [2.24, 2.45) is 11.7 Å². The van der Waals surface area contributed by atoms with Crippen molar-refractivity contribution in [3.05, 3.63) is 29.6 Å². The van der Waals surface area contributed by atoms with Gasteiger partial charge in [0.05, 0.1) is 0 Å². The van der Waals surface area contributed by atoms with Gasteiger partial charge in [0, 0.05) is 24.7 Å². The Kier molecular flexibility index (Phi) is 3.43. The lowest BCUT2D eigenvalue weighted by Gasteiger charge is -2.31. The zero-order chi connectivity index (χ0) is 12.4. The van der Waals surface area contributed by atoms with Gasteiger partial charge in [-0.1, -0.05) is 6.92 Å². The van der Waals surface area contributed by atoms with Crippen LogP contribution in [0.3, 0.4) is 0 Å². The number of carbonyl (C=O) groups is 1. The van der Waals surface area contributed by atoms with Gasteiger partial charge in [0.15, 0.2) is 0 Å². The fourth-order valence-electron chi connectivity index (χ4n) is 2.16. The van der Waals surface area contributed by atoms with Crippen LogP contribution in [0.15, 0.2) is 18.2 Å². The zero-order valence-corrected chi connectivity index (χ0v) is 9.95. The number of nitrogens with zero attached hydrogens (tertiary/aromatic N) is 1. The number of anilines is 1. The Morgan fingerprint density at radius 1 is 1.59 bits per heavy atom. The van der Waals surface area contributed by atoms with E-state index >= 15 is 0 Å². The van der Waals surface area contributed by atoms with E-state index in [-0.39, 0.29) is 17.6 Å². The maximum absolute atomic E-state index is 13.1. The highest BCUT2D eigenvalue weighted by Gasteiger charge is 2.25. The van der Waals surface area contributed by atoms with Crippen LogP contribution < -0.4 is 10.6 Å². The first-order valence-electron chi connectivity index (χ1n) is 5.93. The summed E-state index contributed by atoms with van der Waals surface area (Å²) in [4.78, 5) is 13.9. The van der Waals surface area contributed by atoms with Crippen molar-refractivity contribution in [1.82, 2.24) is 0 Å². The Labute approximate surface area is 100 Å². The van der Waals surface area contributed by atoms with Gasteiger partial charge >= 0.3 is 0 Å². The molecule has 0 bridgehead atoms. The number of aryl methyl sites for hydroxylation is 1. The van der Waals surface area contributed by atoms with Gasteiger partial charge in [-0.25, -0.2) is 4.39 Å². The van der Waals surface area contributed by atoms with Crippen LogP contribution in [-0.2, 0) is 11.2 Å². The van der Waals surface area contributed by atoms with E-state index in [1.54, 1.807) is 11.0 Å². The standard InChI is InChI=1S/C13H17FN2O/c1-9(8-15)13(17)16-6-2-3-10-7-11(14)4-5-12(10)16/h4-5,7,9H,2-3,6,8,15H2,1H3. The summed E-state index contributed by atoms with van der Waals surface area (Å²) in [5, 5.41) is 0. The number of rotatable bonds is 2. The fourth-order valence-corrected chi connectivity index (χ4v) is 2.16. The summed E-state index contributed by atoms with van der Waals surface area (Å²) in [6.07, 6.45) is 1.70. The Morgan fingerprint density at radius 2 is 2.35 bits per heavy atom. The third kappa shape index (κ3) is 2.31. The van der Waals surface area contributed by atoms with Crippen LogP contribution in [0.25, 0.3) is 0 Å². The van der Waals surface area contributed by atoms with Gasteiger partial charge in [-0.2, -0.15) is 0 Å². The summed E-state index contributed by atoms with van der Waals surface area (Å²) in [5.74, 6) is -0.406. The largest absolute Gasteiger partial charge is 0.330 e. The minimum atomic E-state index is -0.245. The fraction of sp³-hybridized carbons (Fsp3) is 0.462. The molecule has 1 aliphatic heterocycles. The Hall–Kier alpha value is -1.42. The molecule has 1 heterocycles. The molecular weight excluding hydrogens is 219 g/mol. The molecule has 1 aliphatic rings. The predicted molar refractivity (Wildman–Crippen MR) is 65.3 cm³/mol. The van der Waals surface area contributed by atoms with Gasteiger partial charge in [-0.05, 0) is 36.6 Å². The zero-order valence-electron chi connectivity index (χ0n) is 9.95. The second-order valence-corrected chi connectivity index (χ2v) is 4.50. The molecule has 1 unspecified atom stereocenters. The lowest BCUT2D eigenvalue weighted by molar-refractivity contribution is -0.121. The van der Waals surface area contributed by atoms with E-state index in [0.717, 1.165) is 24.1 Å². The molecule has 0 saturated heterocycles. The molecule has 1 amide bonds. The topological polar surface area (TPSA) is 46.3 Å². The van der Waals surface area contributed by atoms with E-state index in [0.29, 0.717) is 13.1 Å². The molecule has 1 aromatic carbocycles. The molecule has 1 atom stereocenters. The molecule has 0 saturated carbocycles.